The number of fused-ring (bicyclic) bond motifs is 2. The molecule has 1 saturated carbocycles. The van der Waals surface area contributed by atoms with E-state index >= 15 is 0 Å². The maximum absolute atomic E-state index is 14.4. The predicted molar refractivity (Wildman–Crippen MR) is 186 cm³/mol. The van der Waals surface area contributed by atoms with Gasteiger partial charge in [0.15, 0.2) is 0 Å². The molecule has 0 saturated heterocycles. The third kappa shape index (κ3) is 7.02. The third-order valence-electron chi connectivity index (χ3n) is 9.15. The van der Waals surface area contributed by atoms with Crippen LogP contribution in [0.4, 0.5) is 16.2 Å². The van der Waals surface area contributed by atoms with Crippen LogP contribution in [0.25, 0.3) is 28.1 Å². The van der Waals surface area contributed by atoms with Gasteiger partial charge in [0.05, 0.1) is 5.52 Å². The molecule has 0 aliphatic heterocycles. The lowest BCUT2D eigenvalue weighted by Crippen LogP contribution is -2.32. The average Bonchev–Trinajstić information content (AvgIpc) is 3.28. The lowest BCUT2D eigenvalue weighted by molar-refractivity contribution is 0.325. The highest BCUT2D eigenvalue weighted by molar-refractivity contribution is 7.84. The lowest BCUT2D eigenvalue weighted by atomic mass is 9.86. The van der Waals surface area contributed by atoms with Crippen LogP contribution in [0.15, 0.2) is 77.2 Å². The molecule has 234 valence electrons. The fraction of sp³-hybridized carbons (Fsp3) is 0.351. The Morgan fingerprint density at radius 1 is 0.978 bits per heavy atom. The largest absolute Gasteiger partial charge is 0.362 e. The monoisotopic (exact) mass is 623 g/mol. The van der Waals surface area contributed by atoms with Gasteiger partial charge in [-0.15, -0.1) is 0 Å². The minimum atomic E-state index is -1.01. The molecule has 1 atom stereocenters. The highest BCUT2D eigenvalue weighted by Gasteiger charge is 2.25. The van der Waals surface area contributed by atoms with E-state index < -0.39 is 10.8 Å². The average molecular weight is 624 g/mol. The molecule has 45 heavy (non-hydrogen) atoms. The molecule has 8 heteroatoms. The van der Waals surface area contributed by atoms with Gasteiger partial charge in [-0.2, -0.15) is 4.98 Å². The van der Waals surface area contributed by atoms with Gasteiger partial charge in [0.25, 0.3) is 0 Å². The van der Waals surface area contributed by atoms with Crippen molar-refractivity contribution < 1.29 is 8.60 Å². The molecule has 1 heterocycles. The van der Waals surface area contributed by atoms with Crippen molar-refractivity contribution in [2.75, 3.05) is 43.7 Å². The third-order valence-corrected chi connectivity index (χ3v) is 10.1. The zero-order valence-electron chi connectivity index (χ0n) is 26.6. The van der Waals surface area contributed by atoms with Gasteiger partial charge in [-0.05, 0) is 134 Å². The summed E-state index contributed by atoms with van der Waals surface area (Å²) in [5, 5.41) is 8.39. The first-order valence-electron chi connectivity index (χ1n) is 15.8. The quantitative estimate of drug-likeness (QED) is 0.178. The number of para-hydroxylation sites is 1. The molecule has 0 radical (unpaired) electrons. The number of nitrogens with zero attached hydrogens (tertiary/aromatic N) is 3. The number of anilines is 2. The Bertz CT molecular complexity index is 1770. The molecule has 1 unspecified atom stereocenters. The van der Waals surface area contributed by atoms with E-state index in [1.54, 1.807) is 18.4 Å². The molecule has 0 bridgehead atoms. The summed E-state index contributed by atoms with van der Waals surface area (Å²) in [4.78, 5) is 12.5. The van der Waals surface area contributed by atoms with Crippen LogP contribution in [0.5, 0.6) is 0 Å². The van der Waals surface area contributed by atoms with Crippen LogP contribution in [-0.2, 0) is 10.8 Å². The van der Waals surface area contributed by atoms with Crippen molar-refractivity contribution in [2.24, 2.45) is 5.92 Å². The second kappa shape index (κ2) is 13.6. The van der Waals surface area contributed by atoms with E-state index in [1.165, 1.54) is 11.1 Å². The van der Waals surface area contributed by atoms with E-state index in [9.17, 15) is 8.60 Å². The van der Waals surface area contributed by atoms with Crippen molar-refractivity contribution in [3.63, 3.8) is 0 Å². The predicted octanol–water partition coefficient (Wildman–Crippen LogP) is 7.55. The van der Waals surface area contributed by atoms with E-state index in [0.717, 1.165) is 89.1 Å². The van der Waals surface area contributed by atoms with Crippen LogP contribution < -0.4 is 15.5 Å². The Labute approximate surface area is 268 Å². The van der Waals surface area contributed by atoms with Crippen molar-refractivity contribution in [3.8, 4) is 0 Å². The summed E-state index contributed by atoms with van der Waals surface area (Å²) in [6.45, 7) is 3.98. The van der Waals surface area contributed by atoms with Gasteiger partial charge in [-0.3, -0.25) is 4.21 Å². The lowest BCUT2D eigenvalue weighted by Gasteiger charge is -2.29. The summed E-state index contributed by atoms with van der Waals surface area (Å²) in [5.74, 6) is 2.07. The van der Waals surface area contributed by atoms with Crippen molar-refractivity contribution in [2.45, 2.75) is 50.0 Å². The van der Waals surface area contributed by atoms with Crippen molar-refractivity contribution in [3.05, 3.63) is 94.8 Å². The summed E-state index contributed by atoms with van der Waals surface area (Å²) in [7, 11) is 3.03. The topological polar surface area (TPSA) is 70.2 Å². The Balaban J connectivity index is 1.04. The highest BCUT2D eigenvalue weighted by Crippen LogP contribution is 2.43. The summed E-state index contributed by atoms with van der Waals surface area (Å²) >= 11 is 0. The number of rotatable bonds is 10. The van der Waals surface area contributed by atoms with Gasteiger partial charge in [-0.1, -0.05) is 30.3 Å². The zero-order chi connectivity index (χ0) is 31.5. The number of hydrogen-bond donors (Lipinski definition) is 2. The van der Waals surface area contributed by atoms with Crippen molar-refractivity contribution in [1.82, 2.24) is 15.3 Å². The van der Waals surface area contributed by atoms with E-state index in [4.69, 9.17) is 9.97 Å². The van der Waals surface area contributed by atoms with Crippen LogP contribution in [0.3, 0.4) is 0 Å². The molecule has 6 nitrogen and oxygen atoms in total. The minimum Gasteiger partial charge on any atom is -0.362 e. The standard InChI is InChI=1S/C37H42FN5OS/c1-24-30(34-22-27(38)13-18-31(34)33(24)21-25-11-16-29(17-12-25)45(4)44)19-20-39-23-26-9-14-28(15-10-26)40-37-41-35-8-6-5-7-32(35)36(42-37)43(2)3/h5-8,11-13,16-18,21-22,26,28,39H,9-10,14-15,19-20,23H2,1-4H3,(H,40,41,42)/b33-21+. The zero-order valence-corrected chi connectivity index (χ0v) is 27.4. The Morgan fingerprint density at radius 3 is 2.47 bits per heavy atom. The fourth-order valence-corrected chi connectivity index (χ4v) is 7.20. The molecular weight excluding hydrogens is 582 g/mol. The molecule has 2 N–H and O–H groups in total. The SMILES string of the molecule is CC1=C(CCNCC2CCC(Nc3nc(N(C)C)c4ccccc4n3)CC2)c2cc(F)ccc2/C1=C/c1ccc(S(C)=O)cc1. The molecule has 0 amide bonds. The summed E-state index contributed by atoms with van der Waals surface area (Å²) in [6.07, 6.45) is 9.20. The van der Waals surface area contributed by atoms with Crippen molar-refractivity contribution >= 4 is 50.7 Å². The number of halogens is 1. The molecule has 1 aromatic heterocycles. The van der Waals surface area contributed by atoms with Gasteiger partial charge in [-0.25, -0.2) is 9.37 Å². The van der Waals surface area contributed by atoms with E-state index in [1.807, 2.05) is 67.5 Å². The van der Waals surface area contributed by atoms with Crippen LogP contribution >= 0.6 is 0 Å². The van der Waals surface area contributed by atoms with Crippen LogP contribution in [0.1, 0.15) is 55.7 Å². The summed E-state index contributed by atoms with van der Waals surface area (Å²) < 4.78 is 26.2. The maximum atomic E-state index is 14.4. The summed E-state index contributed by atoms with van der Waals surface area (Å²) in [5.41, 5.74) is 7.60. The summed E-state index contributed by atoms with van der Waals surface area (Å²) in [6, 6.07) is 21.5. The number of allylic oxidation sites excluding steroid dienone is 2. The number of benzene rings is 3. The first-order valence-corrected chi connectivity index (χ1v) is 17.4. The minimum absolute atomic E-state index is 0.208. The second-order valence-electron chi connectivity index (χ2n) is 12.5. The highest BCUT2D eigenvalue weighted by atomic mass is 32.2. The number of aromatic nitrogens is 2. The van der Waals surface area contributed by atoms with E-state index in [-0.39, 0.29) is 5.82 Å². The van der Waals surface area contributed by atoms with E-state index in [0.29, 0.717) is 17.9 Å². The molecule has 2 aliphatic rings. The van der Waals surface area contributed by atoms with Crippen LogP contribution in [-0.4, -0.2) is 53.7 Å². The molecular formula is C37H42FN5OS. The van der Waals surface area contributed by atoms with Gasteiger partial charge in [0, 0.05) is 47.5 Å². The molecule has 4 aromatic rings. The molecule has 3 aromatic carbocycles. The molecule has 0 spiro atoms. The number of nitrogens with one attached hydrogen (secondary N) is 2. The number of hydrogen-bond acceptors (Lipinski definition) is 6. The smallest absolute Gasteiger partial charge is 0.225 e. The van der Waals surface area contributed by atoms with Crippen LogP contribution in [0.2, 0.25) is 0 Å². The Morgan fingerprint density at radius 2 is 1.73 bits per heavy atom. The first-order chi connectivity index (χ1) is 21.8. The Kier molecular flexibility index (Phi) is 9.42. The van der Waals surface area contributed by atoms with Gasteiger partial charge < -0.3 is 15.5 Å². The molecule has 2 aliphatic carbocycles. The first kappa shape index (κ1) is 31.1. The second-order valence-corrected chi connectivity index (χ2v) is 13.9. The van der Waals surface area contributed by atoms with Gasteiger partial charge in [0.1, 0.15) is 11.6 Å². The Hall–Kier alpha value is -3.88. The van der Waals surface area contributed by atoms with E-state index in [2.05, 4.69) is 29.7 Å². The van der Waals surface area contributed by atoms with Gasteiger partial charge in [0.2, 0.25) is 5.95 Å². The maximum Gasteiger partial charge on any atom is 0.225 e. The molecule has 6 rings (SSSR count). The van der Waals surface area contributed by atoms with Crippen LogP contribution in [0, 0.1) is 11.7 Å². The van der Waals surface area contributed by atoms with Gasteiger partial charge >= 0.3 is 0 Å². The normalized spacial score (nSPS) is 19.6. The molecule has 1 fully saturated rings. The fourth-order valence-electron chi connectivity index (χ4n) is 6.68. The van der Waals surface area contributed by atoms with Crippen molar-refractivity contribution in [1.29, 1.82) is 0 Å².